The van der Waals surface area contributed by atoms with Gasteiger partial charge >= 0.3 is 5.97 Å². The summed E-state index contributed by atoms with van der Waals surface area (Å²) in [6, 6.07) is 9.53. The first-order chi connectivity index (χ1) is 11.3. The van der Waals surface area contributed by atoms with E-state index in [0.717, 1.165) is 34.2 Å². The molecule has 3 aromatic rings. The zero-order valence-electron chi connectivity index (χ0n) is 12.0. The van der Waals surface area contributed by atoms with E-state index in [4.69, 9.17) is 4.74 Å². The molecule has 23 heavy (non-hydrogen) atoms. The molecule has 0 radical (unpaired) electrons. The van der Waals surface area contributed by atoms with Gasteiger partial charge in [-0.05, 0) is 12.5 Å². The van der Waals surface area contributed by atoms with Crippen LogP contribution in [0.5, 0.6) is 0 Å². The molecule has 1 aliphatic rings. The lowest BCUT2D eigenvalue weighted by atomic mass is 10.0. The number of aromatic nitrogens is 2. The summed E-state index contributed by atoms with van der Waals surface area (Å²) in [5.41, 5.74) is 4.59. The minimum absolute atomic E-state index is 0.200. The van der Waals surface area contributed by atoms with Crippen LogP contribution in [0.1, 0.15) is 21.5 Å². The standard InChI is InChI=1S/C15H10N4O2S2/c1-8-11-13(18-22-16-11)10(14-12(8)17-23-19-14)15(20)21-7-9-5-3-2-4-6-9/h2-6H,7H2,1H3. The average molecular weight is 342 g/mol. The highest BCUT2D eigenvalue weighted by Crippen LogP contribution is 2.43. The average Bonchev–Trinajstić information content (AvgIpc) is 3.24. The SMILES string of the molecule is Cc1c2c(c(C(=O)OCc3ccccc3)c3nsnc13)N=S=N2. The minimum Gasteiger partial charge on any atom is -0.457 e. The molecular weight excluding hydrogens is 332 g/mol. The smallest absolute Gasteiger partial charge is 0.343 e. The molecule has 0 N–H and O–H groups in total. The van der Waals surface area contributed by atoms with Gasteiger partial charge < -0.3 is 4.74 Å². The third-order valence-electron chi connectivity index (χ3n) is 3.58. The molecule has 2 aromatic carbocycles. The Morgan fingerprint density at radius 1 is 1.09 bits per heavy atom. The van der Waals surface area contributed by atoms with Gasteiger partial charge in [0.2, 0.25) is 0 Å². The van der Waals surface area contributed by atoms with Crippen molar-refractivity contribution in [3.05, 3.63) is 47.0 Å². The maximum Gasteiger partial charge on any atom is 0.343 e. The quantitative estimate of drug-likeness (QED) is 0.526. The van der Waals surface area contributed by atoms with Crippen LogP contribution in [0.15, 0.2) is 39.1 Å². The second kappa shape index (κ2) is 5.64. The third kappa shape index (κ3) is 2.36. The lowest BCUT2D eigenvalue weighted by Crippen LogP contribution is -2.07. The Morgan fingerprint density at radius 2 is 1.83 bits per heavy atom. The summed E-state index contributed by atoms with van der Waals surface area (Å²) in [5, 5.41) is 0. The van der Waals surface area contributed by atoms with E-state index in [1.54, 1.807) is 0 Å². The Hall–Kier alpha value is -2.45. The van der Waals surface area contributed by atoms with Gasteiger partial charge in [-0.25, -0.2) is 4.79 Å². The number of rotatable bonds is 3. The Balaban J connectivity index is 1.74. The van der Waals surface area contributed by atoms with Gasteiger partial charge in [-0.3, -0.25) is 0 Å². The van der Waals surface area contributed by atoms with Crippen LogP contribution >= 0.6 is 11.7 Å². The van der Waals surface area contributed by atoms with Crippen LogP contribution in [-0.4, -0.2) is 14.7 Å². The van der Waals surface area contributed by atoms with Crippen molar-refractivity contribution in [2.24, 2.45) is 8.73 Å². The third-order valence-corrected chi connectivity index (χ3v) is 4.63. The van der Waals surface area contributed by atoms with Gasteiger partial charge in [0.25, 0.3) is 0 Å². The van der Waals surface area contributed by atoms with Crippen LogP contribution in [0.2, 0.25) is 0 Å². The summed E-state index contributed by atoms with van der Waals surface area (Å²) in [5.74, 6) is -0.454. The van der Waals surface area contributed by atoms with Crippen molar-refractivity contribution in [2.75, 3.05) is 0 Å². The topological polar surface area (TPSA) is 76.8 Å². The van der Waals surface area contributed by atoms with Crippen LogP contribution in [0.4, 0.5) is 11.4 Å². The van der Waals surface area contributed by atoms with Gasteiger partial charge in [0.1, 0.15) is 34.6 Å². The maximum absolute atomic E-state index is 12.6. The van der Waals surface area contributed by atoms with Gasteiger partial charge in [-0.1, -0.05) is 30.3 Å². The number of carbonyl (C=O) groups is 1. The molecule has 0 amide bonds. The molecule has 0 bridgehead atoms. The highest BCUT2D eigenvalue weighted by Gasteiger charge is 2.27. The van der Waals surface area contributed by atoms with Crippen LogP contribution in [0, 0.1) is 6.92 Å². The molecule has 0 atom stereocenters. The van der Waals surface area contributed by atoms with Crippen molar-refractivity contribution < 1.29 is 9.53 Å². The molecule has 0 spiro atoms. The first kappa shape index (κ1) is 14.2. The van der Waals surface area contributed by atoms with Gasteiger partial charge in [-0.15, -0.1) is 0 Å². The number of benzene rings is 2. The number of aryl methyl sites for hydroxylation is 1. The number of hydrogen-bond acceptors (Lipinski definition) is 7. The summed E-state index contributed by atoms with van der Waals surface area (Å²) in [6.45, 7) is 2.11. The molecule has 8 heteroatoms. The Labute approximate surface area is 139 Å². The molecule has 0 saturated heterocycles. The Kier molecular flexibility index (Phi) is 3.47. The van der Waals surface area contributed by atoms with Gasteiger partial charge in [0.05, 0.1) is 23.1 Å². The van der Waals surface area contributed by atoms with Crippen molar-refractivity contribution in [3.8, 4) is 0 Å². The van der Waals surface area contributed by atoms with E-state index in [0.29, 0.717) is 28.0 Å². The summed E-state index contributed by atoms with van der Waals surface area (Å²) in [4.78, 5) is 12.6. The molecule has 0 fully saturated rings. The summed E-state index contributed by atoms with van der Waals surface area (Å²) < 4.78 is 22.5. The molecular formula is C15H10N4O2S2. The zero-order chi connectivity index (χ0) is 15.8. The molecule has 0 unspecified atom stereocenters. The van der Waals surface area contributed by atoms with E-state index in [1.807, 2.05) is 37.3 Å². The van der Waals surface area contributed by atoms with Crippen LogP contribution in [-0.2, 0) is 22.7 Å². The van der Waals surface area contributed by atoms with E-state index < -0.39 is 5.97 Å². The van der Waals surface area contributed by atoms with E-state index in [9.17, 15) is 4.79 Å². The fourth-order valence-corrected chi connectivity index (χ4v) is 3.62. The van der Waals surface area contributed by atoms with Crippen molar-refractivity contribution in [3.63, 3.8) is 0 Å². The number of esters is 1. The van der Waals surface area contributed by atoms with E-state index in [1.165, 1.54) is 0 Å². The lowest BCUT2D eigenvalue weighted by molar-refractivity contribution is 0.0476. The molecule has 1 aromatic heterocycles. The highest BCUT2D eigenvalue weighted by atomic mass is 32.1. The Bertz CT molecular complexity index is 992. The molecule has 0 saturated carbocycles. The predicted octanol–water partition coefficient (Wildman–Crippen LogP) is 4.08. The number of hydrogen-bond donors (Lipinski definition) is 0. The number of ether oxygens (including phenoxy) is 1. The van der Waals surface area contributed by atoms with Crippen molar-refractivity contribution >= 4 is 51.5 Å². The van der Waals surface area contributed by atoms with Crippen LogP contribution in [0.3, 0.4) is 0 Å². The monoisotopic (exact) mass is 342 g/mol. The summed E-state index contributed by atoms with van der Waals surface area (Å²) in [6.07, 6.45) is 0. The lowest BCUT2D eigenvalue weighted by Gasteiger charge is -2.09. The normalized spacial score (nSPS) is 12.2. The largest absolute Gasteiger partial charge is 0.457 e. The molecule has 1 aliphatic heterocycles. The van der Waals surface area contributed by atoms with E-state index >= 15 is 0 Å². The summed E-state index contributed by atoms with van der Waals surface area (Å²) in [7, 11) is 0. The maximum atomic E-state index is 12.6. The second-order valence-electron chi connectivity index (χ2n) is 4.98. The molecule has 114 valence electrons. The zero-order valence-corrected chi connectivity index (χ0v) is 13.6. The van der Waals surface area contributed by atoms with E-state index in [-0.39, 0.29) is 6.61 Å². The molecule has 4 rings (SSSR count). The van der Waals surface area contributed by atoms with Crippen molar-refractivity contribution in [1.29, 1.82) is 0 Å². The van der Waals surface area contributed by atoms with E-state index in [2.05, 4.69) is 17.5 Å². The van der Waals surface area contributed by atoms with Gasteiger partial charge in [0, 0.05) is 5.56 Å². The van der Waals surface area contributed by atoms with Gasteiger partial charge in [-0.2, -0.15) is 17.5 Å². The number of fused-ring (bicyclic) bond motifs is 2. The van der Waals surface area contributed by atoms with Crippen molar-refractivity contribution in [2.45, 2.75) is 13.5 Å². The van der Waals surface area contributed by atoms with Gasteiger partial charge in [0.15, 0.2) is 0 Å². The fourth-order valence-electron chi connectivity index (χ4n) is 2.41. The Morgan fingerprint density at radius 3 is 2.65 bits per heavy atom. The first-order valence-electron chi connectivity index (χ1n) is 6.84. The highest BCUT2D eigenvalue weighted by molar-refractivity contribution is 7.58. The predicted molar refractivity (Wildman–Crippen MR) is 89.3 cm³/mol. The number of nitrogens with zero attached hydrogens (tertiary/aromatic N) is 4. The second-order valence-corrected chi connectivity index (χ2v) is 6.04. The van der Waals surface area contributed by atoms with Crippen molar-refractivity contribution in [1.82, 2.24) is 8.75 Å². The fraction of sp³-hybridized carbons (Fsp3) is 0.133. The molecule has 2 heterocycles. The first-order valence-corrected chi connectivity index (χ1v) is 8.30. The van der Waals surface area contributed by atoms with Crippen LogP contribution in [0.25, 0.3) is 11.0 Å². The number of carbonyl (C=O) groups excluding carboxylic acids is 1. The minimum atomic E-state index is -0.454. The summed E-state index contributed by atoms with van der Waals surface area (Å²) >= 11 is 2.13. The molecule has 0 aliphatic carbocycles. The molecule has 6 nitrogen and oxygen atoms in total. The van der Waals surface area contributed by atoms with Crippen LogP contribution < -0.4 is 0 Å².